The van der Waals surface area contributed by atoms with E-state index in [1.54, 1.807) is 0 Å². The molecule has 0 aliphatic heterocycles. The summed E-state index contributed by atoms with van der Waals surface area (Å²) in [6, 6.07) is 8.16. The highest BCUT2D eigenvalue weighted by Crippen LogP contribution is 2.14. The van der Waals surface area contributed by atoms with Crippen LogP contribution in [0.1, 0.15) is 37.6 Å². The van der Waals surface area contributed by atoms with Gasteiger partial charge in [-0.25, -0.2) is 0 Å². The quantitative estimate of drug-likeness (QED) is 0.767. The fourth-order valence-electron chi connectivity index (χ4n) is 2.00. The minimum atomic E-state index is -0.0147. The van der Waals surface area contributed by atoms with Crippen molar-refractivity contribution in [3.63, 3.8) is 0 Å². The van der Waals surface area contributed by atoms with Crippen molar-refractivity contribution in [1.82, 2.24) is 10.2 Å². The molecule has 2 N–H and O–H groups in total. The minimum Gasteiger partial charge on any atom is -0.385 e. The van der Waals surface area contributed by atoms with Gasteiger partial charge >= 0.3 is 0 Å². The number of hydrogen-bond acceptors (Lipinski definition) is 3. The maximum atomic E-state index is 12.2. The van der Waals surface area contributed by atoms with E-state index in [2.05, 4.69) is 36.4 Å². The van der Waals surface area contributed by atoms with Crippen LogP contribution in [0.25, 0.3) is 0 Å². The first kappa shape index (κ1) is 16.5. The number of rotatable bonds is 8. The summed E-state index contributed by atoms with van der Waals surface area (Å²) in [5.41, 5.74) is 1.60. The van der Waals surface area contributed by atoms with Crippen LogP contribution in [0.3, 0.4) is 0 Å². The van der Waals surface area contributed by atoms with Gasteiger partial charge in [0.1, 0.15) is 0 Å². The highest BCUT2D eigenvalue weighted by Gasteiger charge is 2.11. The van der Waals surface area contributed by atoms with Gasteiger partial charge in [0.25, 0.3) is 5.91 Å². The fourth-order valence-corrected chi connectivity index (χ4v) is 2.00. The number of hydrogen-bond donors (Lipinski definition) is 2. The van der Waals surface area contributed by atoms with Crippen LogP contribution in [0.4, 0.5) is 5.69 Å². The monoisotopic (exact) mass is 277 g/mol. The molecule has 0 heterocycles. The molecule has 0 aliphatic rings. The molecule has 1 unspecified atom stereocenters. The number of carbonyl (C=O) groups is 1. The van der Waals surface area contributed by atoms with E-state index in [0.29, 0.717) is 18.2 Å². The Labute approximate surface area is 122 Å². The van der Waals surface area contributed by atoms with Gasteiger partial charge < -0.3 is 15.5 Å². The van der Waals surface area contributed by atoms with E-state index in [0.717, 1.165) is 25.2 Å². The molecule has 0 saturated carbocycles. The molecule has 0 fully saturated rings. The first-order valence-electron chi connectivity index (χ1n) is 7.41. The van der Waals surface area contributed by atoms with Crippen molar-refractivity contribution in [2.45, 2.75) is 33.2 Å². The zero-order valence-electron chi connectivity index (χ0n) is 13.1. The maximum absolute atomic E-state index is 12.2. The van der Waals surface area contributed by atoms with Gasteiger partial charge in [0.2, 0.25) is 0 Å². The zero-order chi connectivity index (χ0) is 15.0. The van der Waals surface area contributed by atoms with Crippen molar-refractivity contribution in [2.24, 2.45) is 0 Å². The molecule has 112 valence electrons. The number of anilines is 1. The normalized spacial score (nSPS) is 12.2. The van der Waals surface area contributed by atoms with Gasteiger partial charge in [0.15, 0.2) is 0 Å². The lowest BCUT2D eigenvalue weighted by Crippen LogP contribution is -2.37. The Bertz CT molecular complexity index is 420. The lowest BCUT2D eigenvalue weighted by atomic mass is 10.1. The van der Waals surface area contributed by atoms with E-state index < -0.39 is 0 Å². The fraction of sp³-hybridized carbons (Fsp3) is 0.562. The topological polar surface area (TPSA) is 44.4 Å². The van der Waals surface area contributed by atoms with Crippen molar-refractivity contribution in [3.8, 4) is 0 Å². The van der Waals surface area contributed by atoms with Crippen LogP contribution in [0, 0.1) is 0 Å². The summed E-state index contributed by atoms with van der Waals surface area (Å²) in [7, 11) is 2.09. The van der Waals surface area contributed by atoms with Crippen molar-refractivity contribution in [2.75, 3.05) is 32.0 Å². The molecule has 1 amide bonds. The van der Waals surface area contributed by atoms with Gasteiger partial charge in [-0.15, -0.1) is 0 Å². The third kappa shape index (κ3) is 4.85. The minimum absolute atomic E-state index is 0.0147. The van der Waals surface area contributed by atoms with Gasteiger partial charge in [-0.1, -0.05) is 19.1 Å². The van der Waals surface area contributed by atoms with E-state index in [-0.39, 0.29) is 5.91 Å². The van der Waals surface area contributed by atoms with E-state index in [1.807, 2.05) is 31.2 Å². The molecule has 1 atom stereocenters. The van der Waals surface area contributed by atoms with E-state index >= 15 is 0 Å². The number of nitrogens with one attached hydrogen (secondary N) is 2. The van der Waals surface area contributed by atoms with E-state index in [1.165, 1.54) is 0 Å². The largest absolute Gasteiger partial charge is 0.385 e. The summed E-state index contributed by atoms with van der Waals surface area (Å²) in [4.78, 5) is 14.5. The number of benzene rings is 1. The second-order valence-electron chi connectivity index (χ2n) is 5.07. The van der Waals surface area contributed by atoms with Crippen LogP contribution >= 0.6 is 0 Å². The summed E-state index contributed by atoms with van der Waals surface area (Å²) in [5, 5.41) is 6.20. The smallest absolute Gasteiger partial charge is 0.253 e. The highest BCUT2D eigenvalue weighted by atomic mass is 16.1. The van der Waals surface area contributed by atoms with Crippen LogP contribution in [0.5, 0.6) is 0 Å². The van der Waals surface area contributed by atoms with Gasteiger partial charge in [-0.3, -0.25) is 4.79 Å². The highest BCUT2D eigenvalue weighted by molar-refractivity contribution is 5.99. The molecule has 0 saturated heterocycles. The second kappa shape index (κ2) is 8.59. The molecule has 0 radical (unpaired) electrons. The molecule has 0 spiro atoms. The number of amides is 1. The number of para-hydroxylation sites is 1. The molecule has 20 heavy (non-hydrogen) atoms. The molecule has 0 aromatic heterocycles. The van der Waals surface area contributed by atoms with Gasteiger partial charge in [-0.2, -0.15) is 0 Å². The zero-order valence-corrected chi connectivity index (χ0v) is 13.1. The van der Waals surface area contributed by atoms with Gasteiger partial charge in [-0.05, 0) is 39.4 Å². The number of carbonyl (C=O) groups excluding carboxylic acids is 1. The lowest BCUT2D eigenvalue weighted by Gasteiger charge is -2.23. The molecule has 0 aliphatic carbocycles. The first-order valence-corrected chi connectivity index (χ1v) is 7.41. The summed E-state index contributed by atoms with van der Waals surface area (Å²) >= 11 is 0. The summed E-state index contributed by atoms with van der Waals surface area (Å²) in [6.07, 6.45) is 1.12. The number of nitrogens with zero attached hydrogens (tertiary/aromatic N) is 1. The molecular weight excluding hydrogens is 250 g/mol. The van der Waals surface area contributed by atoms with Crippen LogP contribution in [-0.2, 0) is 0 Å². The van der Waals surface area contributed by atoms with Crippen LogP contribution in [-0.4, -0.2) is 43.5 Å². The molecule has 1 aromatic carbocycles. The Balaban J connectivity index is 2.51. The summed E-state index contributed by atoms with van der Waals surface area (Å²) in [6.45, 7) is 8.73. The first-order chi connectivity index (χ1) is 9.60. The van der Waals surface area contributed by atoms with Gasteiger partial charge in [0, 0.05) is 31.4 Å². The Morgan fingerprint density at radius 2 is 2.00 bits per heavy atom. The Morgan fingerprint density at radius 1 is 1.30 bits per heavy atom. The average Bonchev–Trinajstić information content (AvgIpc) is 2.47. The van der Waals surface area contributed by atoms with Crippen LogP contribution < -0.4 is 10.6 Å². The molecule has 4 heteroatoms. The average molecular weight is 277 g/mol. The van der Waals surface area contributed by atoms with Crippen molar-refractivity contribution >= 4 is 11.6 Å². The summed E-state index contributed by atoms with van der Waals surface area (Å²) in [5.74, 6) is -0.0147. The predicted molar refractivity (Wildman–Crippen MR) is 85.3 cm³/mol. The summed E-state index contributed by atoms with van der Waals surface area (Å²) < 4.78 is 0. The Kier molecular flexibility index (Phi) is 7.09. The van der Waals surface area contributed by atoms with Crippen molar-refractivity contribution < 1.29 is 4.79 Å². The van der Waals surface area contributed by atoms with E-state index in [9.17, 15) is 4.79 Å². The predicted octanol–water partition coefficient (Wildman–Crippen LogP) is 2.58. The molecule has 0 bridgehead atoms. The maximum Gasteiger partial charge on any atom is 0.253 e. The third-order valence-electron chi connectivity index (χ3n) is 3.63. The SMILES string of the molecule is CCNc1ccccc1C(=O)NCCN(C)C(C)CC. The lowest BCUT2D eigenvalue weighted by molar-refractivity contribution is 0.0948. The Morgan fingerprint density at radius 3 is 2.65 bits per heavy atom. The molecule has 1 aromatic rings. The van der Waals surface area contributed by atoms with Crippen molar-refractivity contribution in [3.05, 3.63) is 29.8 Å². The Hall–Kier alpha value is -1.55. The van der Waals surface area contributed by atoms with Crippen LogP contribution in [0.15, 0.2) is 24.3 Å². The molecular formula is C16H27N3O. The van der Waals surface area contributed by atoms with Crippen molar-refractivity contribution in [1.29, 1.82) is 0 Å². The van der Waals surface area contributed by atoms with Gasteiger partial charge in [0.05, 0.1) is 5.56 Å². The second-order valence-corrected chi connectivity index (χ2v) is 5.07. The third-order valence-corrected chi connectivity index (χ3v) is 3.63. The van der Waals surface area contributed by atoms with E-state index in [4.69, 9.17) is 0 Å². The number of likely N-dealkylation sites (N-methyl/N-ethyl adjacent to an activating group) is 1. The molecule has 1 rings (SSSR count). The molecule has 4 nitrogen and oxygen atoms in total. The van der Waals surface area contributed by atoms with Crippen LogP contribution in [0.2, 0.25) is 0 Å². The standard InChI is InChI=1S/C16H27N3O/c1-5-13(3)19(4)12-11-18-16(20)14-9-7-8-10-15(14)17-6-2/h7-10,13,17H,5-6,11-12H2,1-4H3,(H,18,20).